The average Bonchev–Trinajstić information content (AvgIpc) is 2.96. The number of rotatable bonds is 6. The van der Waals surface area contributed by atoms with Gasteiger partial charge >= 0.3 is 0 Å². The van der Waals surface area contributed by atoms with Gasteiger partial charge in [0.2, 0.25) is 5.91 Å². The van der Waals surface area contributed by atoms with Gasteiger partial charge in [-0.3, -0.25) is 4.79 Å². The van der Waals surface area contributed by atoms with Crippen molar-refractivity contribution in [1.82, 2.24) is 4.98 Å². The van der Waals surface area contributed by atoms with Crippen molar-refractivity contribution in [2.75, 3.05) is 11.1 Å². The summed E-state index contributed by atoms with van der Waals surface area (Å²) in [4.78, 5) is 18.2. The van der Waals surface area contributed by atoms with Crippen molar-refractivity contribution >= 4 is 32.2 Å². The summed E-state index contributed by atoms with van der Waals surface area (Å²) in [7, 11) is -3.35. The number of amides is 1. The number of nitrogens with one attached hydrogen (secondary N) is 1. The van der Waals surface area contributed by atoms with E-state index in [1.54, 1.807) is 35.6 Å². The normalized spacial score (nSPS) is 16.9. The second-order valence-corrected chi connectivity index (χ2v) is 10.2. The van der Waals surface area contributed by atoms with Gasteiger partial charge in [0.05, 0.1) is 16.3 Å². The van der Waals surface area contributed by atoms with Crippen LogP contribution in [-0.4, -0.2) is 25.1 Å². The van der Waals surface area contributed by atoms with Crippen LogP contribution in [-0.2, 0) is 27.5 Å². The zero-order chi connectivity index (χ0) is 18.7. The van der Waals surface area contributed by atoms with E-state index in [0.717, 1.165) is 30.5 Å². The van der Waals surface area contributed by atoms with Crippen LogP contribution in [0.2, 0.25) is 0 Å². The van der Waals surface area contributed by atoms with E-state index in [9.17, 15) is 13.2 Å². The minimum Gasteiger partial charge on any atom is -0.302 e. The maximum absolute atomic E-state index is 12.3. The number of nitrogens with zero attached hydrogens (tertiary/aromatic N) is 1. The summed E-state index contributed by atoms with van der Waals surface area (Å²) in [5.74, 6) is 0.455. The number of aryl methyl sites for hydroxylation is 2. The summed E-state index contributed by atoms with van der Waals surface area (Å²) < 4.78 is 24.6. The summed E-state index contributed by atoms with van der Waals surface area (Å²) in [5, 5.41) is 3.46. The fourth-order valence-corrected chi connectivity index (χ4v) is 5.56. The Morgan fingerprint density at radius 2 is 2.04 bits per heavy atom. The van der Waals surface area contributed by atoms with Crippen molar-refractivity contribution in [1.29, 1.82) is 0 Å². The highest BCUT2D eigenvalue weighted by Crippen LogP contribution is 2.32. The first kappa shape index (κ1) is 19.0. The van der Waals surface area contributed by atoms with Gasteiger partial charge in [0.25, 0.3) is 0 Å². The van der Waals surface area contributed by atoms with Gasteiger partial charge in [0.15, 0.2) is 15.0 Å². The maximum atomic E-state index is 12.3. The topological polar surface area (TPSA) is 76.1 Å². The number of anilines is 1. The molecule has 0 radical (unpaired) electrons. The lowest BCUT2D eigenvalue weighted by molar-refractivity contribution is -0.116. The van der Waals surface area contributed by atoms with Crippen LogP contribution < -0.4 is 5.32 Å². The molecule has 140 valence electrons. The molecule has 1 aliphatic rings. The highest BCUT2D eigenvalue weighted by atomic mass is 32.2. The number of aromatic nitrogens is 1. The predicted molar refractivity (Wildman–Crippen MR) is 104 cm³/mol. The maximum Gasteiger partial charge on any atom is 0.226 e. The summed E-state index contributed by atoms with van der Waals surface area (Å²) in [6.07, 6.45) is 3.60. The number of carbonyl (C=O) groups excluding carboxylic acids is 1. The second kappa shape index (κ2) is 7.88. The summed E-state index contributed by atoms with van der Waals surface area (Å²) in [6.45, 7) is 4.15. The fourth-order valence-electron chi connectivity index (χ4n) is 3.06. The largest absolute Gasteiger partial charge is 0.302 e. The molecule has 5 nitrogen and oxygen atoms in total. The van der Waals surface area contributed by atoms with E-state index in [-0.39, 0.29) is 18.1 Å². The third-order valence-corrected chi connectivity index (χ3v) is 7.48. The Kier molecular flexibility index (Phi) is 5.77. The van der Waals surface area contributed by atoms with E-state index in [4.69, 9.17) is 0 Å². The number of thiazole rings is 1. The SMILES string of the molecule is Cc1ccc(S(=O)(=O)CCCC(=O)Nc2nc3c(s2)C[C@H](C)CC3)cc1. The van der Waals surface area contributed by atoms with Crippen LogP contribution in [0.25, 0.3) is 0 Å². The van der Waals surface area contributed by atoms with Gasteiger partial charge < -0.3 is 5.32 Å². The average molecular weight is 393 g/mol. The van der Waals surface area contributed by atoms with Crippen LogP contribution in [0.15, 0.2) is 29.2 Å². The molecule has 1 aromatic heterocycles. The lowest BCUT2D eigenvalue weighted by atomic mass is 9.93. The molecule has 1 atom stereocenters. The van der Waals surface area contributed by atoms with Crippen molar-refractivity contribution < 1.29 is 13.2 Å². The fraction of sp³-hybridized carbons (Fsp3) is 0.474. The number of benzene rings is 1. The number of sulfone groups is 1. The molecule has 0 bridgehead atoms. The first-order valence-corrected chi connectivity index (χ1v) is 11.4. The molecule has 0 spiro atoms. The zero-order valence-electron chi connectivity index (χ0n) is 15.1. The summed E-state index contributed by atoms with van der Waals surface area (Å²) in [5.41, 5.74) is 2.12. The molecule has 2 aromatic rings. The third-order valence-electron chi connectivity index (χ3n) is 4.63. The van der Waals surface area contributed by atoms with Gasteiger partial charge in [0.1, 0.15) is 0 Å². The van der Waals surface area contributed by atoms with E-state index < -0.39 is 9.84 Å². The molecule has 0 saturated heterocycles. The molecular weight excluding hydrogens is 368 g/mol. The third kappa shape index (κ3) is 4.71. The number of fused-ring (bicyclic) bond motifs is 1. The van der Waals surface area contributed by atoms with Crippen molar-refractivity contribution in [3.63, 3.8) is 0 Å². The van der Waals surface area contributed by atoms with Gasteiger partial charge in [0, 0.05) is 11.3 Å². The molecule has 0 unspecified atom stereocenters. The van der Waals surface area contributed by atoms with Crippen LogP contribution in [0.3, 0.4) is 0 Å². The molecule has 0 fully saturated rings. The van der Waals surface area contributed by atoms with Gasteiger partial charge in [-0.05, 0) is 50.7 Å². The van der Waals surface area contributed by atoms with Crippen LogP contribution in [0.5, 0.6) is 0 Å². The monoisotopic (exact) mass is 392 g/mol. The Bertz CT molecular complexity index is 886. The Balaban J connectivity index is 1.51. The van der Waals surface area contributed by atoms with E-state index >= 15 is 0 Å². The number of hydrogen-bond acceptors (Lipinski definition) is 5. The van der Waals surface area contributed by atoms with Gasteiger partial charge in [-0.15, -0.1) is 11.3 Å². The minimum absolute atomic E-state index is 0.0324. The first-order chi connectivity index (χ1) is 12.3. The van der Waals surface area contributed by atoms with Crippen LogP contribution in [0.1, 0.15) is 42.3 Å². The molecule has 1 N–H and O–H groups in total. The Morgan fingerprint density at radius 3 is 2.77 bits per heavy atom. The summed E-state index contributed by atoms with van der Waals surface area (Å²) >= 11 is 1.54. The van der Waals surface area contributed by atoms with Crippen LogP contribution in [0.4, 0.5) is 5.13 Å². The van der Waals surface area contributed by atoms with Crippen LogP contribution in [0, 0.1) is 12.8 Å². The molecule has 26 heavy (non-hydrogen) atoms. The molecule has 1 aliphatic carbocycles. The Morgan fingerprint density at radius 1 is 1.31 bits per heavy atom. The Labute approximate surface area is 158 Å². The highest BCUT2D eigenvalue weighted by Gasteiger charge is 2.20. The first-order valence-electron chi connectivity index (χ1n) is 8.91. The smallest absolute Gasteiger partial charge is 0.226 e. The molecule has 3 rings (SSSR count). The molecule has 7 heteroatoms. The minimum atomic E-state index is -3.35. The highest BCUT2D eigenvalue weighted by molar-refractivity contribution is 7.91. The number of hydrogen-bond donors (Lipinski definition) is 1. The molecule has 1 heterocycles. The van der Waals surface area contributed by atoms with Gasteiger partial charge in [-0.2, -0.15) is 0 Å². The molecule has 0 aliphatic heterocycles. The predicted octanol–water partition coefficient (Wildman–Crippen LogP) is 3.77. The van der Waals surface area contributed by atoms with Crippen molar-refractivity contribution in [2.24, 2.45) is 5.92 Å². The van der Waals surface area contributed by atoms with E-state index in [1.807, 2.05) is 6.92 Å². The van der Waals surface area contributed by atoms with E-state index in [0.29, 0.717) is 22.4 Å². The van der Waals surface area contributed by atoms with Gasteiger partial charge in [-0.1, -0.05) is 24.6 Å². The summed E-state index contributed by atoms with van der Waals surface area (Å²) in [6, 6.07) is 6.80. The molecule has 1 amide bonds. The molecule has 0 saturated carbocycles. The van der Waals surface area contributed by atoms with E-state index in [2.05, 4.69) is 17.2 Å². The van der Waals surface area contributed by atoms with Crippen molar-refractivity contribution in [2.45, 2.75) is 50.8 Å². The lowest BCUT2D eigenvalue weighted by Crippen LogP contribution is -2.14. The second-order valence-electron chi connectivity index (χ2n) is 7.02. The quantitative estimate of drug-likeness (QED) is 0.812. The lowest BCUT2D eigenvalue weighted by Gasteiger charge is -2.15. The van der Waals surface area contributed by atoms with Crippen LogP contribution >= 0.6 is 11.3 Å². The Hall–Kier alpha value is -1.73. The van der Waals surface area contributed by atoms with Crippen molar-refractivity contribution in [3.05, 3.63) is 40.4 Å². The van der Waals surface area contributed by atoms with Crippen molar-refractivity contribution in [3.8, 4) is 0 Å². The zero-order valence-corrected chi connectivity index (χ0v) is 16.8. The standard InChI is InChI=1S/C19H24N2O3S2/c1-13-5-8-15(9-6-13)26(23,24)11-3-4-18(22)21-19-20-16-10-7-14(2)12-17(16)25-19/h5-6,8-9,14H,3-4,7,10-12H2,1-2H3,(H,20,21,22)/t14-/m1/s1. The molecular formula is C19H24N2O3S2. The molecule has 1 aromatic carbocycles. The number of carbonyl (C=O) groups is 1. The van der Waals surface area contributed by atoms with Gasteiger partial charge in [-0.25, -0.2) is 13.4 Å². The van der Waals surface area contributed by atoms with E-state index in [1.165, 1.54) is 4.88 Å².